The molecule has 118 valence electrons. The number of aliphatic hydroxyl groups excluding tert-OH is 1. The molecule has 1 heterocycles. The number of likely N-dealkylation sites (tertiary alicyclic amines) is 1. The number of aliphatic hydroxyl groups is 1. The van der Waals surface area contributed by atoms with Crippen LogP contribution in [0.3, 0.4) is 0 Å². The Morgan fingerprint density at radius 2 is 1.71 bits per heavy atom. The first-order valence-electron chi connectivity index (χ1n) is 7.74. The summed E-state index contributed by atoms with van der Waals surface area (Å²) in [6.45, 7) is 7.72. The van der Waals surface area contributed by atoms with Crippen LogP contribution in [-0.4, -0.2) is 49.5 Å². The monoisotopic (exact) mass is 293 g/mol. The van der Waals surface area contributed by atoms with Crippen LogP contribution in [0, 0.1) is 11.8 Å². The highest BCUT2D eigenvalue weighted by molar-refractivity contribution is 5.31. The smallest absolute Gasteiger partial charge is 0.119 e. The van der Waals surface area contributed by atoms with Crippen molar-refractivity contribution in [3.05, 3.63) is 24.3 Å². The summed E-state index contributed by atoms with van der Waals surface area (Å²) in [4.78, 5) is 2.35. The molecular weight excluding hydrogens is 266 g/mol. The third-order valence-electron chi connectivity index (χ3n) is 3.92. The molecule has 1 saturated heterocycles. The summed E-state index contributed by atoms with van der Waals surface area (Å²) >= 11 is 0. The molecule has 0 radical (unpaired) electrons. The van der Waals surface area contributed by atoms with E-state index in [4.69, 9.17) is 9.47 Å². The van der Waals surface area contributed by atoms with E-state index in [1.165, 1.54) is 6.42 Å². The van der Waals surface area contributed by atoms with Gasteiger partial charge in [0.2, 0.25) is 0 Å². The highest BCUT2D eigenvalue weighted by Crippen LogP contribution is 2.21. The number of benzene rings is 1. The summed E-state index contributed by atoms with van der Waals surface area (Å²) in [5, 5.41) is 10.1. The Labute approximate surface area is 127 Å². The topological polar surface area (TPSA) is 41.9 Å². The lowest BCUT2D eigenvalue weighted by atomic mass is 9.92. The largest absolute Gasteiger partial charge is 0.497 e. The van der Waals surface area contributed by atoms with Crippen LogP contribution in [0.25, 0.3) is 0 Å². The Hall–Kier alpha value is -1.26. The van der Waals surface area contributed by atoms with E-state index in [0.717, 1.165) is 24.6 Å². The second-order valence-corrected chi connectivity index (χ2v) is 6.30. The Morgan fingerprint density at radius 3 is 2.29 bits per heavy atom. The normalized spacial score (nSPS) is 24.6. The molecule has 0 bridgehead atoms. The van der Waals surface area contributed by atoms with Gasteiger partial charge in [0.05, 0.1) is 7.11 Å². The minimum atomic E-state index is -0.454. The summed E-state index contributed by atoms with van der Waals surface area (Å²) in [5.74, 6) is 2.99. The molecule has 1 aliphatic heterocycles. The molecule has 0 aliphatic carbocycles. The maximum atomic E-state index is 10.1. The van der Waals surface area contributed by atoms with Gasteiger partial charge in [-0.05, 0) is 42.5 Å². The molecule has 0 saturated carbocycles. The molecule has 1 aromatic rings. The molecular formula is C17H27NO3. The molecule has 1 aromatic carbocycles. The van der Waals surface area contributed by atoms with Crippen LogP contribution in [0.15, 0.2) is 24.3 Å². The number of ether oxygens (including phenoxy) is 2. The molecule has 0 unspecified atom stereocenters. The maximum absolute atomic E-state index is 10.1. The zero-order valence-electron chi connectivity index (χ0n) is 13.3. The van der Waals surface area contributed by atoms with Crippen molar-refractivity contribution in [3.63, 3.8) is 0 Å². The van der Waals surface area contributed by atoms with E-state index in [9.17, 15) is 5.11 Å². The minimum absolute atomic E-state index is 0.325. The summed E-state index contributed by atoms with van der Waals surface area (Å²) in [6.07, 6.45) is 0.833. The van der Waals surface area contributed by atoms with Crippen molar-refractivity contribution >= 4 is 0 Å². The van der Waals surface area contributed by atoms with Crippen molar-refractivity contribution in [1.29, 1.82) is 0 Å². The minimum Gasteiger partial charge on any atom is -0.497 e. The molecule has 0 aromatic heterocycles. The summed E-state index contributed by atoms with van der Waals surface area (Å²) in [6, 6.07) is 7.43. The number of piperidine rings is 1. The van der Waals surface area contributed by atoms with Crippen LogP contribution in [0.1, 0.15) is 20.3 Å². The average molecular weight is 293 g/mol. The third-order valence-corrected chi connectivity index (χ3v) is 3.92. The van der Waals surface area contributed by atoms with Crippen molar-refractivity contribution in [2.45, 2.75) is 26.4 Å². The number of rotatable bonds is 6. The molecule has 1 fully saturated rings. The summed E-state index contributed by atoms with van der Waals surface area (Å²) < 4.78 is 10.7. The summed E-state index contributed by atoms with van der Waals surface area (Å²) in [7, 11) is 1.64. The second kappa shape index (κ2) is 7.66. The van der Waals surface area contributed by atoms with E-state index in [0.29, 0.717) is 25.0 Å². The predicted molar refractivity (Wildman–Crippen MR) is 83.9 cm³/mol. The fourth-order valence-electron chi connectivity index (χ4n) is 3.16. The SMILES string of the molecule is COc1ccc(OC[C@@H](O)CN2C[C@@H](C)C[C@H](C)C2)cc1. The number of methoxy groups -OCH3 is 1. The maximum Gasteiger partial charge on any atom is 0.119 e. The third kappa shape index (κ3) is 5.21. The fraction of sp³-hybridized carbons (Fsp3) is 0.647. The van der Waals surface area contributed by atoms with Crippen molar-refractivity contribution < 1.29 is 14.6 Å². The molecule has 1 N–H and O–H groups in total. The van der Waals surface area contributed by atoms with E-state index in [1.54, 1.807) is 7.11 Å². The first-order chi connectivity index (χ1) is 10.1. The predicted octanol–water partition coefficient (Wildman–Crippen LogP) is 2.41. The zero-order valence-corrected chi connectivity index (χ0v) is 13.3. The van der Waals surface area contributed by atoms with E-state index in [2.05, 4.69) is 18.7 Å². The fourth-order valence-corrected chi connectivity index (χ4v) is 3.16. The van der Waals surface area contributed by atoms with Gasteiger partial charge in [-0.15, -0.1) is 0 Å². The van der Waals surface area contributed by atoms with E-state index < -0.39 is 6.10 Å². The van der Waals surface area contributed by atoms with Crippen LogP contribution in [-0.2, 0) is 0 Å². The average Bonchev–Trinajstić information content (AvgIpc) is 2.44. The van der Waals surface area contributed by atoms with Crippen LogP contribution < -0.4 is 9.47 Å². The number of nitrogens with zero attached hydrogens (tertiary/aromatic N) is 1. The van der Waals surface area contributed by atoms with Gasteiger partial charge >= 0.3 is 0 Å². The Balaban J connectivity index is 1.74. The molecule has 1 aliphatic rings. The first-order valence-corrected chi connectivity index (χ1v) is 7.74. The Kier molecular flexibility index (Phi) is 5.88. The van der Waals surface area contributed by atoms with Gasteiger partial charge in [0, 0.05) is 19.6 Å². The van der Waals surface area contributed by atoms with Crippen molar-refractivity contribution in [1.82, 2.24) is 4.90 Å². The molecule has 0 spiro atoms. The second-order valence-electron chi connectivity index (χ2n) is 6.30. The molecule has 21 heavy (non-hydrogen) atoms. The lowest BCUT2D eigenvalue weighted by Gasteiger charge is -2.35. The van der Waals surface area contributed by atoms with Gasteiger partial charge < -0.3 is 19.5 Å². The molecule has 4 heteroatoms. The van der Waals surface area contributed by atoms with Gasteiger partial charge in [0.25, 0.3) is 0 Å². The molecule has 2 rings (SSSR count). The molecule has 0 amide bonds. The van der Waals surface area contributed by atoms with Gasteiger partial charge in [-0.3, -0.25) is 0 Å². The van der Waals surface area contributed by atoms with Gasteiger partial charge in [-0.1, -0.05) is 13.8 Å². The van der Waals surface area contributed by atoms with Crippen LogP contribution in [0.4, 0.5) is 0 Å². The first kappa shape index (κ1) is 16.1. The van der Waals surface area contributed by atoms with Crippen LogP contribution >= 0.6 is 0 Å². The summed E-state index contributed by atoms with van der Waals surface area (Å²) in [5.41, 5.74) is 0. The lowest BCUT2D eigenvalue weighted by Crippen LogP contribution is -2.43. The van der Waals surface area contributed by atoms with Crippen molar-refractivity contribution in [3.8, 4) is 11.5 Å². The van der Waals surface area contributed by atoms with Crippen molar-refractivity contribution in [2.75, 3.05) is 33.4 Å². The Morgan fingerprint density at radius 1 is 1.14 bits per heavy atom. The highest BCUT2D eigenvalue weighted by Gasteiger charge is 2.23. The number of β-amino-alcohol motifs (C(OH)–C–C–N with tert-alkyl or cyclic N) is 1. The van der Waals surface area contributed by atoms with E-state index in [-0.39, 0.29) is 0 Å². The number of hydrogen-bond donors (Lipinski definition) is 1. The van der Waals surface area contributed by atoms with E-state index >= 15 is 0 Å². The number of hydrogen-bond acceptors (Lipinski definition) is 4. The van der Waals surface area contributed by atoms with Crippen LogP contribution in [0.2, 0.25) is 0 Å². The van der Waals surface area contributed by atoms with Gasteiger partial charge in [-0.25, -0.2) is 0 Å². The van der Waals surface area contributed by atoms with E-state index in [1.807, 2.05) is 24.3 Å². The van der Waals surface area contributed by atoms with Crippen LogP contribution in [0.5, 0.6) is 11.5 Å². The van der Waals surface area contributed by atoms with Gasteiger partial charge in [0.1, 0.15) is 24.2 Å². The highest BCUT2D eigenvalue weighted by atomic mass is 16.5. The van der Waals surface area contributed by atoms with Crippen molar-refractivity contribution in [2.24, 2.45) is 11.8 Å². The lowest BCUT2D eigenvalue weighted by molar-refractivity contribution is 0.0429. The molecule has 3 atom stereocenters. The standard InChI is InChI=1S/C17H27NO3/c1-13-8-14(2)10-18(9-13)11-15(19)12-21-17-6-4-16(20-3)5-7-17/h4-7,13-15,19H,8-12H2,1-3H3/t13-,14-,15-/m0/s1. The Bertz CT molecular complexity index is 411. The molecule has 4 nitrogen and oxygen atoms in total. The zero-order chi connectivity index (χ0) is 15.2. The quantitative estimate of drug-likeness (QED) is 0.874. The van der Waals surface area contributed by atoms with Gasteiger partial charge in [-0.2, -0.15) is 0 Å². The van der Waals surface area contributed by atoms with Gasteiger partial charge in [0.15, 0.2) is 0 Å².